The van der Waals surface area contributed by atoms with Crippen LogP contribution in [0.4, 0.5) is 0 Å². The molecule has 0 saturated carbocycles. The molecular weight excluding hydrogens is 178 g/mol. The molecule has 0 fully saturated rings. The summed E-state index contributed by atoms with van der Waals surface area (Å²) in [5, 5.41) is 0. The van der Waals surface area contributed by atoms with Crippen molar-refractivity contribution in [1.82, 2.24) is 4.90 Å². The fourth-order valence-electron chi connectivity index (χ4n) is 1.62. The molecule has 0 amide bonds. The highest BCUT2D eigenvalue weighted by Gasteiger charge is 2.30. The van der Waals surface area contributed by atoms with E-state index in [0.29, 0.717) is 0 Å². The van der Waals surface area contributed by atoms with Gasteiger partial charge in [0.25, 0.3) is 0 Å². The highest BCUT2D eigenvalue weighted by atomic mass is 28.4. The van der Waals surface area contributed by atoms with E-state index < -0.39 is 8.32 Å². The monoisotopic (exact) mass is 203 g/mol. The number of hydrogen-bond donors (Lipinski definition) is 0. The van der Waals surface area contributed by atoms with Gasteiger partial charge in [-0.2, -0.15) is 0 Å². The van der Waals surface area contributed by atoms with Crippen LogP contribution in [-0.2, 0) is 4.43 Å². The van der Waals surface area contributed by atoms with Crippen molar-refractivity contribution in [2.24, 2.45) is 0 Å². The summed E-state index contributed by atoms with van der Waals surface area (Å²) in [6.45, 7) is 12.2. The van der Waals surface area contributed by atoms with Gasteiger partial charge in [0.1, 0.15) is 0 Å². The lowest BCUT2D eigenvalue weighted by molar-refractivity contribution is 0.0482. The molecular formula is C10H25NOSi. The second-order valence-electron chi connectivity index (χ2n) is 5.26. The van der Waals surface area contributed by atoms with Crippen LogP contribution in [0.1, 0.15) is 20.3 Å². The largest absolute Gasteiger partial charge is 0.411 e. The fourth-order valence-corrected chi connectivity index (χ4v) is 3.31. The molecule has 0 radical (unpaired) electrons. The first kappa shape index (κ1) is 13.1. The van der Waals surface area contributed by atoms with Crippen LogP contribution in [-0.4, -0.2) is 39.5 Å². The Morgan fingerprint density at radius 1 is 1.23 bits per heavy atom. The van der Waals surface area contributed by atoms with E-state index in [9.17, 15) is 0 Å². The Bertz CT molecular complexity index is 153. The zero-order valence-corrected chi connectivity index (χ0v) is 11.3. The van der Waals surface area contributed by atoms with Crippen LogP contribution in [0, 0.1) is 0 Å². The molecule has 0 aromatic heterocycles. The molecule has 13 heavy (non-hydrogen) atoms. The van der Waals surface area contributed by atoms with Crippen molar-refractivity contribution in [1.29, 1.82) is 0 Å². The number of nitrogens with zero attached hydrogens (tertiary/aromatic N) is 1. The summed E-state index contributed by atoms with van der Waals surface area (Å²) in [6, 6.07) is 0. The molecule has 80 valence electrons. The first-order valence-corrected chi connectivity index (χ1v) is 8.44. The van der Waals surface area contributed by atoms with Crippen molar-refractivity contribution >= 4 is 8.32 Å². The average molecular weight is 203 g/mol. The van der Waals surface area contributed by atoms with Gasteiger partial charge in [0.2, 0.25) is 0 Å². The lowest BCUT2D eigenvalue weighted by atomic mass is 10.0. The summed E-state index contributed by atoms with van der Waals surface area (Å²) < 4.78 is 6.18. The summed E-state index contributed by atoms with van der Waals surface area (Å²) in [7, 11) is 2.79. The third-order valence-corrected chi connectivity index (χ3v) is 3.06. The summed E-state index contributed by atoms with van der Waals surface area (Å²) >= 11 is 0. The van der Waals surface area contributed by atoms with Crippen LogP contribution >= 0.6 is 0 Å². The van der Waals surface area contributed by atoms with Gasteiger partial charge < -0.3 is 9.33 Å². The maximum atomic E-state index is 6.18. The van der Waals surface area contributed by atoms with E-state index in [1.165, 1.54) is 0 Å². The van der Waals surface area contributed by atoms with Crippen molar-refractivity contribution in [2.75, 3.05) is 20.6 Å². The minimum atomic E-state index is -1.41. The van der Waals surface area contributed by atoms with Crippen LogP contribution in [0.2, 0.25) is 19.6 Å². The molecule has 0 bridgehead atoms. The summed E-state index contributed by atoms with van der Waals surface area (Å²) in [6.07, 6.45) is 1.08. The molecule has 0 aliphatic heterocycles. The van der Waals surface area contributed by atoms with Gasteiger partial charge in [-0.3, -0.25) is 0 Å². The Morgan fingerprint density at radius 3 is 1.92 bits per heavy atom. The van der Waals surface area contributed by atoms with Crippen LogP contribution in [0.5, 0.6) is 0 Å². The first-order valence-electron chi connectivity index (χ1n) is 5.03. The molecule has 0 saturated heterocycles. The van der Waals surface area contributed by atoms with Crippen molar-refractivity contribution in [3.63, 3.8) is 0 Å². The molecule has 1 unspecified atom stereocenters. The van der Waals surface area contributed by atoms with E-state index in [1.807, 2.05) is 0 Å². The molecule has 0 spiro atoms. The van der Waals surface area contributed by atoms with Crippen LogP contribution in [0.25, 0.3) is 0 Å². The number of hydrogen-bond acceptors (Lipinski definition) is 2. The van der Waals surface area contributed by atoms with Crippen molar-refractivity contribution in [3.05, 3.63) is 0 Å². The Morgan fingerprint density at radius 2 is 1.69 bits per heavy atom. The lowest BCUT2D eigenvalue weighted by Crippen LogP contribution is -2.46. The second-order valence-corrected chi connectivity index (χ2v) is 9.68. The van der Waals surface area contributed by atoms with Crippen molar-refractivity contribution in [2.45, 2.75) is 45.5 Å². The van der Waals surface area contributed by atoms with E-state index >= 15 is 0 Å². The standard InChI is InChI=1S/C10H25NOSi/c1-8-10(2,9-11(3)4)12-13(5,6)7/h8-9H2,1-7H3. The molecule has 0 rings (SSSR count). The molecule has 0 N–H and O–H groups in total. The number of likely N-dealkylation sites (N-methyl/N-ethyl adjacent to an activating group) is 1. The van der Waals surface area contributed by atoms with Crippen LogP contribution < -0.4 is 0 Å². The molecule has 0 aliphatic carbocycles. The van der Waals surface area contributed by atoms with Crippen molar-refractivity contribution < 1.29 is 4.43 Å². The molecule has 0 aromatic rings. The third kappa shape index (κ3) is 6.24. The Balaban J connectivity index is 4.28. The molecule has 0 aliphatic rings. The smallest absolute Gasteiger partial charge is 0.184 e. The Hall–Kier alpha value is 0.137. The Labute approximate surface area is 84.4 Å². The first-order chi connectivity index (χ1) is 5.68. The van der Waals surface area contributed by atoms with E-state index in [1.54, 1.807) is 0 Å². The quantitative estimate of drug-likeness (QED) is 0.637. The van der Waals surface area contributed by atoms with Gasteiger partial charge in [0, 0.05) is 6.54 Å². The van der Waals surface area contributed by atoms with Gasteiger partial charge in [0.05, 0.1) is 5.60 Å². The highest BCUT2D eigenvalue weighted by molar-refractivity contribution is 6.69. The SMILES string of the molecule is CCC(C)(CN(C)C)O[Si](C)(C)C. The zero-order valence-electron chi connectivity index (χ0n) is 10.3. The van der Waals surface area contributed by atoms with E-state index in [0.717, 1.165) is 13.0 Å². The summed E-state index contributed by atoms with van der Waals surface area (Å²) in [5.74, 6) is 0. The normalized spacial score (nSPS) is 17.5. The van der Waals surface area contributed by atoms with Gasteiger partial charge in [-0.1, -0.05) is 6.92 Å². The van der Waals surface area contributed by atoms with E-state index in [4.69, 9.17) is 4.43 Å². The zero-order chi connectivity index (χ0) is 10.7. The summed E-state index contributed by atoms with van der Waals surface area (Å²) in [5.41, 5.74) is 0.0357. The predicted molar refractivity (Wildman–Crippen MR) is 61.7 cm³/mol. The van der Waals surface area contributed by atoms with Gasteiger partial charge in [0.15, 0.2) is 8.32 Å². The van der Waals surface area contributed by atoms with Crippen LogP contribution in [0.3, 0.4) is 0 Å². The summed E-state index contributed by atoms with van der Waals surface area (Å²) in [4.78, 5) is 2.20. The van der Waals surface area contributed by atoms with Gasteiger partial charge in [-0.05, 0) is 47.1 Å². The third-order valence-electron chi connectivity index (χ3n) is 1.95. The maximum absolute atomic E-state index is 6.18. The second kappa shape index (κ2) is 4.58. The average Bonchev–Trinajstić information content (AvgIpc) is 1.81. The molecule has 3 heteroatoms. The molecule has 0 heterocycles. The number of rotatable bonds is 5. The predicted octanol–water partition coefficient (Wildman–Crippen LogP) is 2.57. The molecule has 1 atom stereocenters. The van der Waals surface area contributed by atoms with Crippen molar-refractivity contribution in [3.8, 4) is 0 Å². The van der Waals surface area contributed by atoms with E-state index in [2.05, 4.69) is 52.5 Å². The minimum absolute atomic E-state index is 0.0357. The lowest BCUT2D eigenvalue weighted by Gasteiger charge is -2.37. The van der Waals surface area contributed by atoms with Crippen LogP contribution in [0.15, 0.2) is 0 Å². The van der Waals surface area contributed by atoms with E-state index in [-0.39, 0.29) is 5.60 Å². The van der Waals surface area contributed by atoms with Gasteiger partial charge >= 0.3 is 0 Å². The maximum Gasteiger partial charge on any atom is 0.184 e. The minimum Gasteiger partial charge on any atom is -0.411 e. The molecule has 0 aromatic carbocycles. The molecule has 2 nitrogen and oxygen atoms in total. The van der Waals surface area contributed by atoms with Gasteiger partial charge in [-0.25, -0.2) is 0 Å². The van der Waals surface area contributed by atoms with Gasteiger partial charge in [-0.15, -0.1) is 0 Å². The fraction of sp³-hybridized carbons (Fsp3) is 1.00. The highest BCUT2D eigenvalue weighted by Crippen LogP contribution is 2.21. The Kier molecular flexibility index (Phi) is 4.62. The topological polar surface area (TPSA) is 12.5 Å².